The summed E-state index contributed by atoms with van der Waals surface area (Å²) in [6, 6.07) is 15.5. The summed E-state index contributed by atoms with van der Waals surface area (Å²) in [6.07, 6.45) is 3.15. The van der Waals surface area contributed by atoms with Crippen molar-refractivity contribution < 1.29 is 16.8 Å². The van der Waals surface area contributed by atoms with E-state index in [2.05, 4.69) is 4.98 Å². The lowest BCUT2D eigenvalue weighted by Crippen LogP contribution is -2.49. The van der Waals surface area contributed by atoms with Crippen molar-refractivity contribution in [3.05, 3.63) is 83.0 Å². The Balaban J connectivity index is 1.65. The molecule has 0 aliphatic carbocycles. The Morgan fingerprint density at radius 3 is 2.06 bits per heavy atom. The Kier molecular flexibility index (Phi) is 7.54. The molecule has 0 N–H and O–H groups in total. The second-order valence-electron chi connectivity index (χ2n) is 9.35. The van der Waals surface area contributed by atoms with Gasteiger partial charge < -0.3 is 0 Å². The number of nitrogens with zero attached hydrogens (tertiary/aromatic N) is 3. The second-order valence-corrected chi connectivity index (χ2v) is 13.0. The number of aromatic nitrogens is 1. The lowest BCUT2D eigenvalue weighted by atomic mass is 10.1. The van der Waals surface area contributed by atoms with Gasteiger partial charge >= 0.3 is 0 Å². The number of sulfonamides is 2. The van der Waals surface area contributed by atoms with Crippen LogP contribution in [0.25, 0.3) is 0 Å². The van der Waals surface area contributed by atoms with Gasteiger partial charge in [-0.1, -0.05) is 42.8 Å². The third-order valence-corrected chi connectivity index (χ3v) is 10.8. The highest BCUT2D eigenvalue weighted by Crippen LogP contribution is 2.33. The molecule has 1 fully saturated rings. The molecule has 36 heavy (non-hydrogen) atoms. The van der Waals surface area contributed by atoms with E-state index >= 15 is 0 Å². The fraction of sp³-hybridized carbons (Fsp3) is 0.370. The summed E-state index contributed by atoms with van der Waals surface area (Å²) in [5, 5.41) is 0. The van der Waals surface area contributed by atoms with E-state index < -0.39 is 26.1 Å². The summed E-state index contributed by atoms with van der Waals surface area (Å²) >= 11 is 0. The van der Waals surface area contributed by atoms with E-state index in [1.54, 1.807) is 36.5 Å². The van der Waals surface area contributed by atoms with Crippen LogP contribution in [0.4, 0.5) is 5.82 Å². The van der Waals surface area contributed by atoms with Crippen molar-refractivity contribution in [3.63, 3.8) is 0 Å². The predicted octanol–water partition coefficient (Wildman–Crippen LogP) is 4.62. The van der Waals surface area contributed by atoms with Gasteiger partial charge in [0.2, 0.25) is 10.0 Å². The summed E-state index contributed by atoms with van der Waals surface area (Å²) in [4.78, 5) is 4.91. The Hall–Kier alpha value is -2.75. The summed E-state index contributed by atoms with van der Waals surface area (Å²) in [5.74, 6) is 0.341. The SMILES string of the molecule is CCc1ccc(S(=O)(=O)N2CCC(N(c3ccccn3)S(=O)(=O)c3c(C)cc(C)cc3C)CC2)cc1. The van der Waals surface area contributed by atoms with E-state index in [0.29, 0.717) is 29.8 Å². The Bertz CT molecular complexity index is 1410. The molecule has 0 atom stereocenters. The van der Waals surface area contributed by atoms with Crippen LogP contribution in [0.15, 0.2) is 70.6 Å². The molecule has 0 spiro atoms. The van der Waals surface area contributed by atoms with E-state index in [9.17, 15) is 16.8 Å². The van der Waals surface area contributed by atoms with E-state index in [0.717, 1.165) is 17.5 Å². The average Bonchev–Trinajstić information content (AvgIpc) is 2.84. The molecule has 0 radical (unpaired) electrons. The highest BCUT2D eigenvalue weighted by molar-refractivity contribution is 7.93. The lowest BCUT2D eigenvalue weighted by Gasteiger charge is -2.38. The second kappa shape index (κ2) is 10.3. The van der Waals surface area contributed by atoms with Crippen LogP contribution in [0.1, 0.15) is 42.0 Å². The minimum atomic E-state index is -3.94. The molecule has 1 aliphatic rings. The Morgan fingerprint density at radius 2 is 1.53 bits per heavy atom. The molecule has 1 aromatic heterocycles. The van der Waals surface area contributed by atoms with Gasteiger partial charge in [-0.05, 0) is 81.0 Å². The zero-order chi connectivity index (χ0) is 26.1. The topological polar surface area (TPSA) is 87.7 Å². The molecule has 0 saturated carbocycles. The fourth-order valence-electron chi connectivity index (χ4n) is 5.03. The maximum absolute atomic E-state index is 14.1. The smallest absolute Gasteiger partial charge is 0.247 e. The van der Waals surface area contributed by atoms with E-state index in [1.165, 1.54) is 8.61 Å². The van der Waals surface area contributed by atoms with Crippen molar-refractivity contribution in [1.82, 2.24) is 9.29 Å². The summed E-state index contributed by atoms with van der Waals surface area (Å²) in [7, 11) is -7.60. The number of piperidine rings is 1. The zero-order valence-electron chi connectivity index (χ0n) is 21.2. The molecule has 1 saturated heterocycles. The number of hydrogen-bond donors (Lipinski definition) is 0. The molecule has 3 aromatic rings. The Morgan fingerprint density at radius 1 is 0.917 bits per heavy atom. The molecule has 7 nitrogen and oxygen atoms in total. The maximum Gasteiger partial charge on any atom is 0.266 e. The largest absolute Gasteiger partial charge is 0.266 e. The van der Waals surface area contributed by atoms with Crippen molar-refractivity contribution in [2.75, 3.05) is 17.4 Å². The fourth-order valence-corrected chi connectivity index (χ4v) is 8.58. The van der Waals surface area contributed by atoms with Crippen LogP contribution >= 0.6 is 0 Å². The molecule has 0 unspecified atom stereocenters. The molecular weight excluding hydrogens is 494 g/mol. The highest BCUT2D eigenvalue weighted by Gasteiger charge is 2.38. The monoisotopic (exact) mass is 527 g/mol. The standard InChI is InChI=1S/C27H33N3O4S2/c1-5-23-9-11-25(12-10-23)35(31,32)29-16-13-24(14-17-29)30(26-8-6-7-15-28-26)36(33,34)27-21(3)18-20(2)19-22(27)4/h6-12,15,18-19,24H,5,13-14,16-17H2,1-4H3. The van der Waals surface area contributed by atoms with Crippen molar-refractivity contribution in [1.29, 1.82) is 0 Å². The first kappa shape index (κ1) is 26.3. The molecule has 192 valence electrons. The number of rotatable bonds is 7. The highest BCUT2D eigenvalue weighted by atomic mass is 32.2. The molecule has 2 heterocycles. The van der Waals surface area contributed by atoms with Gasteiger partial charge in [-0.2, -0.15) is 4.31 Å². The van der Waals surface area contributed by atoms with Crippen LogP contribution in [-0.2, 0) is 26.5 Å². The molecule has 1 aliphatic heterocycles. The summed E-state index contributed by atoms with van der Waals surface area (Å²) in [5.41, 5.74) is 3.44. The third kappa shape index (κ3) is 5.05. The van der Waals surface area contributed by atoms with Gasteiger partial charge in [0, 0.05) is 25.3 Å². The van der Waals surface area contributed by atoms with Gasteiger partial charge in [-0.3, -0.25) is 0 Å². The van der Waals surface area contributed by atoms with Gasteiger partial charge in [0.25, 0.3) is 10.0 Å². The zero-order valence-corrected chi connectivity index (χ0v) is 22.8. The molecule has 0 amide bonds. The van der Waals surface area contributed by atoms with E-state index in [-0.39, 0.29) is 22.9 Å². The minimum Gasteiger partial charge on any atom is -0.247 e. The van der Waals surface area contributed by atoms with Crippen LogP contribution in [0.2, 0.25) is 0 Å². The number of hydrogen-bond acceptors (Lipinski definition) is 5. The summed E-state index contributed by atoms with van der Waals surface area (Å²) < 4.78 is 57.6. The number of aryl methyl sites for hydroxylation is 4. The lowest BCUT2D eigenvalue weighted by molar-refractivity contribution is 0.320. The molecule has 2 aromatic carbocycles. The quantitative estimate of drug-likeness (QED) is 0.448. The van der Waals surface area contributed by atoms with Gasteiger partial charge in [0.05, 0.1) is 9.79 Å². The Labute approximate surface area is 214 Å². The maximum atomic E-state index is 14.1. The van der Waals surface area contributed by atoms with Crippen molar-refractivity contribution in [2.24, 2.45) is 0 Å². The van der Waals surface area contributed by atoms with Crippen LogP contribution in [-0.4, -0.2) is 45.3 Å². The number of benzene rings is 2. The van der Waals surface area contributed by atoms with Crippen LogP contribution < -0.4 is 4.31 Å². The first-order valence-corrected chi connectivity index (χ1v) is 15.1. The molecule has 9 heteroatoms. The van der Waals surface area contributed by atoms with E-state index in [1.807, 2.05) is 52.0 Å². The van der Waals surface area contributed by atoms with E-state index in [4.69, 9.17) is 0 Å². The van der Waals surface area contributed by atoms with Crippen LogP contribution in [0.3, 0.4) is 0 Å². The van der Waals surface area contributed by atoms with Gasteiger partial charge in [0.1, 0.15) is 5.82 Å². The van der Waals surface area contributed by atoms with Gasteiger partial charge in [0.15, 0.2) is 0 Å². The van der Waals surface area contributed by atoms with Gasteiger partial charge in [-0.25, -0.2) is 26.1 Å². The number of pyridine rings is 1. The molecule has 0 bridgehead atoms. The van der Waals surface area contributed by atoms with Crippen molar-refractivity contribution in [2.45, 2.75) is 62.8 Å². The average molecular weight is 528 g/mol. The first-order valence-electron chi connectivity index (χ1n) is 12.2. The predicted molar refractivity (Wildman–Crippen MR) is 142 cm³/mol. The first-order chi connectivity index (χ1) is 17.1. The normalized spacial score (nSPS) is 15.7. The third-order valence-electron chi connectivity index (χ3n) is 6.72. The minimum absolute atomic E-state index is 0.229. The summed E-state index contributed by atoms with van der Waals surface area (Å²) in [6.45, 7) is 8.04. The van der Waals surface area contributed by atoms with Crippen LogP contribution in [0.5, 0.6) is 0 Å². The van der Waals surface area contributed by atoms with Crippen LogP contribution in [0, 0.1) is 20.8 Å². The van der Waals surface area contributed by atoms with Crippen molar-refractivity contribution in [3.8, 4) is 0 Å². The number of anilines is 1. The molecular formula is C27H33N3O4S2. The molecule has 4 rings (SSSR count). The van der Waals surface area contributed by atoms with Crippen molar-refractivity contribution >= 4 is 25.9 Å². The van der Waals surface area contributed by atoms with Gasteiger partial charge in [-0.15, -0.1) is 0 Å².